The molecule has 0 radical (unpaired) electrons. The van der Waals surface area contributed by atoms with Crippen LogP contribution in [0.1, 0.15) is 20.3 Å². The van der Waals surface area contributed by atoms with E-state index in [2.05, 4.69) is 4.74 Å². The first-order chi connectivity index (χ1) is 5.02. The number of carbonyl (C=O) groups excluding carboxylic acids is 1. The van der Waals surface area contributed by atoms with E-state index in [4.69, 9.17) is 11.6 Å². The Hall–Kier alpha value is -0.500. The summed E-state index contributed by atoms with van der Waals surface area (Å²) in [5.41, 5.74) is 1.21. The van der Waals surface area contributed by atoms with Gasteiger partial charge in [-0.3, -0.25) is 4.79 Å². The highest BCUT2D eigenvalue weighted by molar-refractivity contribution is 6.25. The second kappa shape index (κ2) is 4.39. The third-order valence-electron chi connectivity index (χ3n) is 1.34. The van der Waals surface area contributed by atoms with Crippen molar-refractivity contribution >= 4 is 17.6 Å². The van der Waals surface area contributed by atoms with Crippen molar-refractivity contribution in [1.82, 2.24) is 0 Å². The maximum absolute atomic E-state index is 10.8. The van der Waals surface area contributed by atoms with E-state index < -0.39 is 0 Å². The van der Waals surface area contributed by atoms with Crippen LogP contribution in [0.3, 0.4) is 0 Å². The van der Waals surface area contributed by atoms with Crippen LogP contribution >= 0.6 is 11.6 Å². The summed E-state index contributed by atoms with van der Waals surface area (Å²) in [5.74, 6) is -0.218. The second-order valence-electron chi connectivity index (χ2n) is 3.03. The summed E-state index contributed by atoms with van der Waals surface area (Å²) in [5, 5.41) is 0. The summed E-state index contributed by atoms with van der Waals surface area (Å²) in [6.45, 7) is 3.84. The number of hydrogen-bond donors (Lipinski definition) is 0. The summed E-state index contributed by atoms with van der Waals surface area (Å²) in [6, 6.07) is 0. The molecule has 11 heavy (non-hydrogen) atoms. The molecule has 0 atom stereocenters. The Bertz CT molecular complexity index is 161. The van der Waals surface area contributed by atoms with Gasteiger partial charge in [0.15, 0.2) is 0 Å². The Morgan fingerprint density at radius 3 is 2.55 bits per heavy atom. The molecule has 0 fully saturated rings. The number of allylic oxidation sites excluding steroid dienone is 1. The standard InChI is InChI=1S/C8H13ClO2/c1-8(2,4-5-9)6-7(10)11-3/h4-5H,6H2,1-3H3/b5-4+. The van der Waals surface area contributed by atoms with E-state index in [0.717, 1.165) is 0 Å². The minimum atomic E-state index is -0.218. The summed E-state index contributed by atoms with van der Waals surface area (Å²) in [7, 11) is 1.38. The van der Waals surface area contributed by atoms with E-state index >= 15 is 0 Å². The predicted octanol–water partition coefficient (Wildman–Crippen LogP) is 2.33. The van der Waals surface area contributed by atoms with Gasteiger partial charge in [0, 0.05) is 5.54 Å². The number of rotatable bonds is 3. The van der Waals surface area contributed by atoms with Crippen LogP contribution in [0.4, 0.5) is 0 Å². The number of esters is 1. The highest BCUT2D eigenvalue weighted by Gasteiger charge is 2.18. The van der Waals surface area contributed by atoms with Crippen LogP contribution in [0.5, 0.6) is 0 Å². The molecule has 0 saturated heterocycles. The number of halogens is 1. The molecule has 0 aliphatic rings. The molecule has 0 aliphatic carbocycles. The van der Waals surface area contributed by atoms with Crippen molar-refractivity contribution in [3.63, 3.8) is 0 Å². The molecule has 0 unspecified atom stereocenters. The summed E-state index contributed by atoms with van der Waals surface area (Å²) in [6.07, 6.45) is 2.12. The predicted molar refractivity (Wildman–Crippen MR) is 45.4 cm³/mol. The third kappa shape index (κ3) is 4.85. The van der Waals surface area contributed by atoms with Gasteiger partial charge in [-0.25, -0.2) is 0 Å². The number of carbonyl (C=O) groups is 1. The van der Waals surface area contributed by atoms with Crippen molar-refractivity contribution in [1.29, 1.82) is 0 Å². The molecular formula is C8H13ClO2. The zero-order valence-electron chi connectivity index (χ0n) is 7.06. The fourth-order valence-corrected chi connectivity index (χ4v) is 1.01. The molecule has 2 nitrogen and oxygen atoms in total. The Morgan fingerprint density at radius 1 is 1.64 bits per heavy atom. The van der Waals surface area contributed by atoms with Gasteiger partial charge >= 0.3 is 5.97 Å². The van der Waals surface area contributed by atoms with Gasteiger partial charge in [-0.1, -0.05) is 31.5 Å². The molecular weight excluding hydrogens is 164 g/mol. The van der Waals surface area contributed by atoms with Crippen LogP contribution < -0.4 is 0 Å². The fourth-order valence-electron chi connectivity index (χ4n) is 0.674. The monoisotopic (exact) mass is 176 g/mol. The first-order valence-corrected chi connectivity index (χ1v) is 3.80. The number of methoxy groups -OCH3 is 1. The maximum atomic E-state index is 10.8. The molecule has 3 heteroatoms. The highest BCUT2D eigenvalue weighted by atomic mass is 35.5. The minimum absolute atomic E-state index is 0.213. The molecule has 0 aliphatic heterocycles. The smallest absolute Gasteiger partial charge is 0.306 e. The van der Waals surface area contributed by atoms with Crippen LogP contribution in [-0.2, 0) is 9.53 Å². The van der Waals surface area contributed by atoms with Crippen molar-refractivity contribution in [2.24, 2.45) is 5.41 Å². The van der Waals surface area contributed by atoms with E-state index in [0.29, 0.717) is 6.42 Å². The Balaban J connectivity index is 4.01. The van der Waals surface area contributed by atoms with E-state index in [1.807, 2.05) is 13.8 Å². The zero-order chi connectivity index (χ0) is 8.91. The Morgan fingerprint density at radius 2 is 2.18 bits per heavy atom. The second-order valence-corrected chi connectivity index (χ2v) is 3.29. The minimum Gasteiger partial charge on any atom is -0.469 e. The average molecular weight is 177 g/mol. The lowest BCUT2D eigenvalue weighted by molar-refractivity contribution is -0.142. The molecule has 0 N–H and O–H groups in total. The van der Waals surface area contributed by atoms with Crippen molar-refractivity contribution < 1.29 is 9.53 Å². The van der Waals surface area contributed by atoms with E-state index in [1.54, 1.807) is 6.08 Å². The van der Waals surface area contributed by atoms with Crippen molar-refractivity contribution in [2.45, 2.75) is 20.3 Å². The quantitative estimate of drug-likeness (QED) is 0.617. The molecule has 0 saturated carbocycles. The van der Waals surface area contributed by atoms with Crippen molar-refractivity contribution in [3.05, 3.63) is 11.6 Å². The summed E-state index contributed by atoms with van der Waals surface area (Å²) >= 11 is 5.38. The van der Waals surface area contributed by atoms with Gasteiger partial charge in [-0.15, -0.1) is 0 Å². The van der Waals surface area contributed by atoms with Gasteiger partial charge in [-0.05, 0) is 5.41 Å². The maximum Gasteiger partial charge on any atom is 0.306 e. The molecule has 0 spiro atoms. The lowest BCUT2D eigenvalue weighted by atomic mass is 9.90. The normalized spacial score (nSPS) is 12.0. The van der Waals surface area contributed by atoms with Crippen molar-refractivity contribution in [3.8, 4) is 0 Å². The average Bonchev–Trinajstić information content (AvgIpc) is 1.86. The molecule has 0 heterocycles. The topological polar surface area (TPSA) is 26.3 Å². The van der Waals surface area contributed by atoms with E-state index in [1.165, 1.54) is 12.6 Å². The SMILES string of the molecule is COC(=O)CC(C)(C)/C=C/Cl. The lowest BCUT2D eigenvalue weighted by Crippen LogP contribution is -2.15. The fraction of sp³-hybridized carbons (Fsp3) is 0.625. The molecule has 0 amide bonds. The summed E-state index contributed by atoms with van der Waals surface area (Å²) in [4.78, 5) is 10.8. The van der Waals surface area contributed by atoms with Gasteiger partial charge in [-0.2, -0.15) is 0 Å². The molecule has 0 aromatic carbocycles. The van der Waals surface area contributed by atoms with Gasteiger partial charge in [0.25, 0.3) is 0 Å². The van der Waals surface area contributed by atoms with E-state index in [9.17, 15) is 4.79 Å². The Kier molecular flexibility index (Phi) is 4.19. The number of ether oxygens (including phenoxy) is 1. The first kappa shape index (κ1) is 10.5. The van der Waals surface area contributed by atoms with Crippen LogP contribution in [0.2, 0.25) is 0 Å². The third-order valence-corrected chi connectivity index (χ3v) is 1.47. The van der Waals surface area contributed by atoms with Gasteiger partial charge in [0.05, 0.1) is 13.5 Å². The van der Waals surface area contributed by atoms with Crippen LogP contribution in [0.15, 0.2) is 11.6 Å². The molecule has 0 aromatic rings. The van der Waals surface area contributed by atoms with Crippen LogP contribution in [0.25, 0.3) is 0 Å². The van der Waals surface area contributed by atoms with Crippen molar-refractivity contribution in [2.75, 3.05) is 7.11 Å². The summed E-state index contributed by atoms with van der Waals surface area (Å²) < 4.78 is 4.52. The highest BCUT2D eigenvalue weighted by Crippen LogP contribution is 2.22. The van der Waals surface area contributed by atoms with E-state index in [-0.39, 0.29) is 11.4 Å². The van der Waals surface area contributed by atoms with Gasteiger partial charge in [0.2, 0.25) is 0 Å². The largest absolute Gasteiger partial charge is 0.469 e. The zero-order valence-corrected chi connectivity index (χ0v) is 7.81. The molecule has 0 bridgehead atoms. The number of hydrogen-bond acceptors (Lipinski definition) is 2. The van der Waals surface area contributed by atoms with Gasteiger partial charge in [0.1, 0.15) is 0 Å². The molecule has 64 valence electrons. The molecule has 0 aromatic heterocycles. The van der Waals surface area contributed by atoms with Crippen LogP contribution in [0, 0.1) is 5.41 Å². The Labute approximate surface area is 72.2 Å². The first-order valence-electron chi connectivity index (χ1n) is 3.36. The van der Waals surface area contributed by atoms with Gasteiger partial charge < -0.3 is 4.74 Å². The van der Waals surface area contributed by atoms with Crippen LogP contribution in [-0.4, -0.2) is 13.1 Å². The lowest BCUT2D eigenvalue weighted by Gasteiger charge is -2.17. The molecule has 0 rings (SSSR count).